The van der Waals surface area contributed by atoms with Crippen LogP contribution < -0.4 is 19.5 Å². The van der Waals surface area contributed by atoms with Gasteiger partial charge in [0.05, 0.1) is 19.8 Å². The largest absolute Gasteiger partial charge is 0.493 e. The summed E-state index contributed by atoms with van der Waals surface area (Å²) in [7, 11) is 2.19. The number of rotatable bonds is 10. The van der Waals surface area contributed by atoms with E-state index in [1.54, 1.807) is 0 Å². The minimum Gasteiger partial charge on any atom is -0.493 e. The lowest BCUT2D eigenvalue weighted by Crippen LogP contribution is -2.53. The number of carboxylic acids is 1. The van der Waals surface area contributed by atoms with E-state index in [-0.39, 0.29) is 5.41 Å². The highest BCUT2D eigenvalue weighted by Gasteiger charge is 2.54. The number of nitrogens with zero attached hydrogens (tertiary/aromatic N) is 3. The maximum Gasteiger partial charge on any atom is 0.329 e. The lowest BCUT2D eigenvalue weighted by molar-refractivity contribution is -0.144. The quantitative estimate of drug-likeness (QED) is 0.215. The van der Waals surface area contributed by atoms with Crippen molar-refractivity contribution in [3.63, 3.8) is 0 Å². The number of carboxylic acid groups (broad SMARTS) is 1. The Balaban J connectivity index is 1.03. The van der Waals surface area contributed by atoms with Crippen LogP contribution in [0.25, 0.3) is 0 Å². The average molecular weight is 757 g/mol. The van der Waals surface area contributed by atoms with Crippen molar-refractivity contribution in [1.82, 2.24) is 14.8 Å². The number of fused-ring (bicyclic) bond motifs is 4. The molecule has 2 aliphatic heterocycles. The summed E-state index contributed by atoms with van der Waals surface area (Å²) < 4.78 is 19.8. The lowest BCUT2D eigenvalue weighted by atomic mass is 9.59. The van der Waals surface area contributed by atoms with Crippen LogP contribution in [0.3, 0.4) is 0 Å². The number of likely N-dealkylation sites (N-methyl/N-ethyl adjacent to an activating group) is 1. The number of carbonyl (C=O) groups is 1. The van der Waals surface area contributed by atoms with Gasteiger partial charge >= 0.3 is 5.97 Å². The average Bonchev–Trinajstić information content (AvgIpc) is 3.28. The standard InChI is InChI=1S/C44H57ClN4O5/c1-29(26-52-38-10-15-46-37-9-4-6-30(2)41(37)38)20-33-21-32-22-39-40(54-28-31(27-53-39)25-49-18-16-48(3)17-19-49)24-36(32)43(33)11-13-44(14-12-43,42(50)51)47-35-8-5-7-34(45)23-35/h5,7-8,10,15,22-24,29-31,33,47H,4,6,9,11-14,16-21,25-28H2,1-3H3,(H,50,51)/t29-,30-,31?,33?,43?,44?/m1/s1. The molecule has 1 saturated heterocycles. The second kappa shape index (κ2) is 15.5. The van der Waals surface area contributed by atoms with Gasteiger partial charge in [0, 0.05) is 66.8 Å². The Bertz CT molecular complexity index is 1820. The molecule has 54 heavy (non-hydrogen) atoms. The Morgan fingerprint density at radius 3 is 2.57 bits per heavy atom. The minimum atomic E-state index is -1.07. The van der Waals surface area contributed by atoms with Crippen molar-refractivity contribution in [2.45, 2.75) is 88.5 Å². The third-order valence-corrected chi connectivity index (χ3v) is 13.7. The SMILES string of the molecule is C[C@@H](COc1ccnc2c1[C@H](C)CCC2)CC1Cc2cc3c(cc2C12CCC(Nc1cccc(Cl)c1)(C(=O)O)CC2)OCC(CN1CCN(C)CC1)CO3. The van der Waals surface area contributed by atoms with Gasteiger partial charge in [-0.15, -0.1) is 0 Å². The molecular formula is C44H57ClN4O5. The summed E-state index contributed by atoms with van der Waals surface area (Å²) >= 11 is 6.32. The number of pyridine rings is 1. The molecule has 0 radical (unpaired) electrons. The highest BCUT2D eigenvalue weighted by Crippen LogP contribution is 2.58. The van der Waals surface area contributed by atoms with Crippen LogP contribution in [0.4, 0.5) is 5.69 Å². The lowest BCUT2D eigenvalue weighted by Gasteiger charge is -2.47. The zero-order valence-corrected chi connectivity index (χ0v) is 33.0. The molecule has 0 bridgehead atoms. The summed E-state index contributed by atoms with van der Waals surface area (Å²) in [6.07, 6.45) is 9.74. The molecule has 5 aliphatic rings. The van der Waals surface area contributed by atoms with Gasteiger partial charge in [-0.1, -0.05) is 31.5 Å². The molecule has 0 amide bonds. The van der Waals surface area contributed by atoms with Crippen molar-refractivity contribution in [3.8, 4) is 17.2 Å². The highest BCUT2D eigenvalue weighted by molar-refractivity contribution is 6.30. The molecule has 2 N–H and O–H groups in total. The normalized spacial score (nSPS) is 28.9. The molecule has 1 spiro atoms. The van der Waals surface area contributed by atoms with Crippen LogP contribution in [-0.4, -0.2) is 91.0 Å². The zero-order chi connectivity index (χ0) is 37.5. The van der Waals surface area contributed by atoms with Gasteiger partial charge in [-0.2, -0.15) is 0 Å². The van der Waals surface area contributed by atoms with Gasteiger partial charge in [-0.3, -0.25) is 4.98 Å². The third-order valence-electron chi connectivity index (χ3n) is 13.4. The number of anilines is 1. The first-order valence-electron chi connectivity index (χ1n) is 20.3. The van der Waals surface area contributed by atoms with Gasteiger partial charge in [-0.25, -0.2) is 4.79 Å². The number of piperazine rings is 1. The first-order valence-corrected chi connectivity index (χ1v) is 20.7. The van der Waals surface area contributed by atoms with E-state index >= 15 is 0 Å². The summed E-state index contributed by atoms with van der Waals surface area (Å²) in [5.74, 6) is 3.25. The topological polar surface area (TPSA) is 96.4 Å². The number of halogens is 1. The van der Waals surface area contributed by atoms with Crippen LogP contribution in [0, 0.1) is 17.8 Å². The fourth-order valence-electron chi connectivity index (χ4n) is 10.3. The molecule has 9 nitrogen and oxygen atoms in total. The summed E-state index contributed by atoms with van der Waals surface area (Å²) in [4.78, 5) is 22.7. The molecule has 3 aliphatic carbocycles. The first kappa shape index (κ1) is 37.4. The van der Waals surface area contributed by atoms with Crippen LogP contribution in [0.15, 0.2) is 48.7 Å². The molecular weight excluding hydrogens is 700 g/mol. The van der Waals surface area contributed by atoms with Crippen LogP contribution in [0.5, 0.6) is 17.2 Å². The molecule has 1 aromatic heterocycles. The van der Waals surface area contributed by atoms with E-state index in [0.29, 0.717) is 61.4 Å². The molecule has 2 unspecified atom stereocenters. The van der Waals surface area contributed by atoms with E-state index in [1.807, 2.05) is 36.5 Å². The first-order chi connectivity index (χ1) is 26.1. The van der Waals surface area contributed by atoms with Gasteiger partial charge in [-0.05, 0) is 136 Å². The zero-order valence-electron chi connectivity index (χ0n) is 32.2. The smallest absolute Gasteiger partial charge is 0.329 e. The molecule has 4 atom stereocenters. The fourth-order valence-corrected chi connectivity index (χ4v) is 10.5. The van der Waals surface area contributed by atoms with E-state index in [4.69, 9.17) is 25.8 Å². The van der Waals surface area contributed by atoms with E-state index in [2.05, 4.69) is 53.1 Å². The van der Waals surface area contributed by atoms with Crippen molar-refractivity contribution in [2.75, 3.05) is 64.9 Å². The predicted octanol–water partition coefficient (Wildman–Crippen LogP) is 7.83. The van der Waals surface area contributed by atoms with Crippen molar-refractivity contribution in [3.05, 3.63) is 76.1 Å². The van der Waals surface area contributed by atoms with Crippen molar-refractivity contribution in [2.24, 2.45) is 17.8 Å². The molecule has 3 aromatic rings. The molecule has 290 valence electrons. The summed E-state index contributed by atoms with van der Waals surface area (Å²) in [5, 5.41) is 14.7. The van der Waals surface area contributed by atoms with E-state index in [1.165, 1.54) is 35.2 Å². The molecule has 2 fully saturated rings. The Kier molecular flexibility index (Phi) is 10.8. The number of benzene rings is 2. The van der Waals surface area contributed by atoms with Gasteiger partial charge in [0.15, 0.2) is 11.5 Å². The van der Waals surface area contributed by atoms with Gasteiger partial charge in [0.2, 0.25) is 0 Å². The van der Waals surface area contributed by atoms with E-state index in [9.17, 15) is 9.90 Å². The Morgan fingerprint density at radius 1 is 1.07 bits per heavy atom. The third kappa shape index (κ3) is 7.53. The number of ether oxygens (including phenoxy) is 3. The molecule has 3 heterocycles. The van der Waals surface area contributed by atoms with Crippen molar-refractivity contribution >= 4 is 23.3 Å². The second-order valence-corrected chi connectivity index (χ2v) is 17.7. The number of aliphatic carboxylic acids is 1. The number of aryl methyl sites for hydroxylation is 1. The van der Waals surface area contributed by atoms with Crippen molar-refractivity contribution in [1.29, 1.82) is 0 Å². The van der Waals surface area contributed by atoms with Gasteiger partial charge < -0.3 is 34.4 Å². The predicted molar refractivity (Wildman–Crippen MR) is 213 cm³/mol. The second-order valence-electron chi connectivity index (χ2n) is 17.2. The highest BCUT2D eigenvalue weighted by atomic mass is 35.5. The Labute approximate surface area is 325 Å². The minimum absolute atomic E-state index is 0.174. The number of hydrogen-bond donors (Lipinski definition) is 2. The summed E-state index contributed by atoms with van der Waals surface area (Å²) in [6, 6.07) is 14.0. The number of hydrogen-bond acceptors (Lipinski definition) is 8. The van der Waals surface area contributed by atoms with Crippen LogP contribution in [0.1, 0.15) is 87.1 Å². The summed E-state index contributed by atoms with van der Waals surface area (Å²) in [6.45, 7) is 11.8. The number of nitrogens with one attached hydrogen (secondary N) is 1. The maximum atomic E-state index is 13.1. The molecule has 8 rings (SSSR count). The fraction of sp³-hybridized carbons (Fsp3) is 0.591. The molecule has 10 heteroatoms. The van der Waals surface area contributed by atoms with E-state index in [0.717, 1.165) is 87.8 Å². The summed E-state index contributed by atoms with van der Waals surface area (Å²) in [5.41, 5.74) is 4.61. The molecule has 1 saturated carbocycles. The van der Waals surface area contributed by atoms with Gasteiger partial charge in [0.25, 0.3) is 0 Å². The van der Waals surface area contributed by atoms with Gasteiger partial charge in [0.1, 0.15) is 11.3 Å². The van der Waals surface area contributed by atoms with Crippen LogP contribution >= 0.6 is 11.6 Å². The van der Waals surface area contributed by atoms with Crippen LogP contribution in [-0.2, 0) is 23.1 Å². The van der Waals surface area contributed by atoms with E-state index < -0.39 is 11.5 Å². The Morgan fingerprint density at radius 2 is 1.83 bits per heavy atom. The van der Waals surface area contributed by atoms with Crippen LogP contribution in [0.2, 0.25) is 5.02 Å². The van der Waals surface area contributed by atoms with Crippen molar-refractivity contribution < 1.29 is 24.1 Å². The Hall–Kier alpha value is -3.53. The maximum absolute atomic E-state index is 13.1. The monoisotopic (exact) mass is 756 g/mol. The number of aromatic nitrogens is 1. The molecule has 2 aromatic carbocycles.